The van der Waals surface area contributed by atoms with E-state index in [2.05, 4.69) is 20.8 Å². The van der Waals surface area contributed by atoms with Crippen molar-refractivity contribution in [1.29, 1.82) is 0 Å². The van der Waals surface area contributed by atoms with E-state index in [1.165, 1.54) is 4.80 Å². The summed E-state index contributed by atoms with van der Waals surface area (Å²) < 4.78 is 0. The minimum Gasteiger partial charge on any atom is -0.326 e. The van der Waals surface area contributed by atoms with Gasteiger partial charge in [-0.15, -0.1) is 0 Å². The molecule has 1 aliphatic rings. The maximum atomic E-state index is 12.1. The zero-order valence-electron chi connectivity index (χ0n) is 11.1. The van der Waals surface area contributed by atoms with Gasteiger partial charge in [-0.1, -0.05) is 0 Å². The Bertz CT molecular complexity index is 558. The second-order valence-electron chi connectivity index (χ2n) is 4.90. The number of aromatic nitrogens is 3. The monoisotopic (exact) mass is 271 g/mol. The number of piperidine rings is 1. The van der Waals surface area contributed by atoms with Crippen LogP contribution in [0.1, 0.15) is 12.8 Å². The van der Waals surface area contributed by atoms with Crippen molar-refractivity contribution in [3.63, 3.8) is 0 Å². The van der Waals surface area contributed by atoms with Gasteiger partial charge in [-0.3, -0.25) is 4.79 Å². The first-order valence-electron chi connectivity index (χ1n) is 6.81. The number of nitrogens with zero attached hydrogens (tertiary/aromatic N) is 3. The van der Waals surface area contributed by atoms with Gasteiger partial charge in [0.15, 0.2) is 0 Å². The van der Waals surface area contributed by atoms with Gasteiger partial charge in [-0.2, -0.15) is 15.0 Å². The fourth-order valence-corrected chi connectivity index (χ4v) is 2.35. The van der Waals surface area contributed by atoms with E-state index >= 15 is 0 Å². The Morgan fingerprint density at radius 3 is 2.65 bits per heavy atom. The molecule has 1 atom stereocenters. The molecule has 1 fully saturated rings. The van der Waals surface area contributed by atoms with Gasteiger partial charge in [0.2, 0.25) is 5.91 Å². The maximum Gasteiger partial charge on any atom is 0.228 e. The highest BCUT2D eigenvalue weighted by Gasteiger charge is 2.20. The molecule has 1 aromatic carbocycles. The summed E-state index contributed by atoms with van der Waals surface area (Å²) in [5, 5.41) is 14.3. The highest BCUT2D eigenvalue weighted by atomic mass is 16.1. The second-order valence-corrected chi connectivity index (χ2v) is 4.90. The van der Waals surface area contributed by atoms with Crippen LogP contribution in [0, 0.1) is 5.92 Å². The van der Waals surface area contributed by atoms with E-state index in [1.54, 1.807) is 12.4 Å². The fourth-order valence-electron chi connectivity index (χ4n) is 2.35. The van der Waals surface area contributed by atoms with E-state index in [1.807, 2.05) is 24.3 Å². The van der Waals surface area contributed by atoms with Crippen molar-refractivity contribution in [2.75, 3.05) is 18.4 Å². The number of carbonyl (C=O) groups is 1. The Morgan fingerprint density at radius 2 is 2.00 bits per heavy atom. The minimum absolute atomic E-state index is 0.0659. The van der Waals surface area contributed by atoms with Crippen LogP contribution in [0.3, 0.4) is 0 Å². The summed E-state index contributed by atoms with van der Waals surface area (Å²) in [6.45, 7) is 1.77. The molecule has 6 nitrogen and oxygen atoms in total. The molecule has 2 heterocycles. The van der Waals surface area contributed by atoms with Crippen LogP contribution in [0.5, 0.6) is 0 Å². The van der Waals surface area contributed by atoms with Crippen LogP contribution in [0.25, 0.3) is 5.69 Å². The van der Waals surface area contributed by atoms with E-state index < -0.39 is 0 Å². The van der Waals surface area contributed by atoms with Crippen LogP contribution >= 0.6 is 0 Å². The molecule has 1 aliphatic heterocycles. The quantitative estimate of drug-likeness (QED) is 0.880. The summed E-state index contributed by atoms with van der Waals surface area (Å²) in [6.07, 6.45) is 5.27. The number of anilines is 1. The molecule has 0 spiro atoms. The van der Waals surface area contributed by atoms with Gasteiger partial charge in [0.25, 0.3) is 0 Å². The Hall–Kier alpha value is -2.21. The molecular formula is C14H17N5O. The molecule has 0 aliphatic carbocycles. The van der Waals surface area contributed by atoms with Gasteiger partial charge >= 0.3 is 0 Å². The van der Waals surface area contributed by atoms with Gasteiger partial charge in [0, 0.05) is 12.2 Å². The summed E-state index contributed by atoms with van der Waals surface area (Å²) in [5.41, 5.74) is 1.67. The van der Waals surface area contributed by atoms with E-state index in [0.717, 1.165) is 37.3 Å². The minimum atomic E-state index is 0.0659. The first kappa shape index (κ1) is 12.8. The van der Waals surface area contributed by atoms with Crippen LogP contribution in [-0.4, -0.2) is 34.0 Å². The van der Waals surface area contributed by atoms with Gasteiger partial charge in [-0.25, -0.2) is 0 Å². The lowest BCUT2D eigenvalue weighted by Crippen LogP contribution is -2.37. The molecule has 1 saturated heterocycles. The lowest BCUT2D eigenvalue weighted by molar-refractivity contribution is -0.120. The number of benzene rings is 1. The Morgan fingerprint density at radius 1 is 1.25 bits per heavy atom. The van der Waals surface area contributed by atoms with E-state index in [9.17, 15) is 4.79 Å². The van der Waals surface area contributed by atoms with Crippen molar-refractivity contribution in [3.05, 3.63) is 36.7 Å². The van der Waals surface area contributed by atoms with Crippen LogP contribution in [0.4, 0.5) is 5.69 Å². The third-order valence-electron chi connectivity index (χ3n) is 3.45. The average Bonchev–Trinajstić information content (AvgIpc) is 3.03. The predicted octanol–water partition coefficient (Wildman–Crippen LogP) is 1.21. The maximum absolute atomic E-state index is 12.1. The summed E-state index contributed by atoms with van der Waals surface area (Å²) in [7, 11) is 0. The van der Waals surface area contributed by atoms with Crippen LogP contribution in [-0.2, 0) is 4.79 Å². The molecule has 20 heavy (non-hydrogen) atoms. The van der Waals surface area contributed by atoms with E-state index in [0.29, 0.717) is 0 Å². The van der Waals surface area contributed by atoms with Gasteiger partial charge in [0.1, 0.15) is 0 Å². The third-order valence-corrected chi connectivity index (χ3v) is 3.45. The molecule has 3 rings (SSSR count). The first-order chi connectivity index (χ1) is 9.83. The first-order valence-corrected chi connectivity index (χ1v) is 6.81. The highest BCUT2D eigenvalue weighted by Crippen LogP contribution is 2.15. The SMILES string of the molecule is O=C(Nc1ccc(-n2nccn2)cc1)C1CCCNC1. The number of nitrogens with one attached hydrogen (secondary N) is 2. The number of hydrogen-bond donors (Lipinski definition) is 2. The fraction of sp³-hybridized carbons (Fsp3) is 0.357. The topological polar surface area (TPSA) is 71.8 Å². The smallest absolute Gasteiger partial charge is 0.228 e. The Labute approximate surface area is 117 Å². The van der Waals surface area contributed by atoms with Crippen LogP contribution < -0.4 is 10.6 Å². The van der Waals surface area contributed by atoms with Crippen LogP contribution in [0.15, 0.2) is 36.7 Å². The van der Waals surface area contributed by atoms with Crippen molar-refractivity contribution in [2.24, 2.45) is 5.92 Å². The molecule has 2 aromatic rings. The average molecular weight is 271 g/mol. The predicted molar refractivity (Wildman–Crippen MR) is 75.6 cm³/mol. The third kappa shape index (κ3) is 2.85. The summed E-state index contributed by atoms with van der Waals surface area (Å²) in [4.78, 5) is 13.6. The Balaban J connectivity index is 1.64. The molecular weight excluding hydrogens is 254 g/mol. The molecule has 1 aromatic heterocycles. The highest BCUT2D eigenvalue weighted by molar-refractivity contribution is 5.92. The molecule has 1 unspecified atom stereocenters. The molecule has 6 heteroatoms. The van der Waals surface area contributed by atoms with Crippen molar-refractivity contribution >= 4 is 11.6 Å². The largest absolute Gasteiger partial charge is 0.326 e. The standard InChI is InChI=1S/C14H17N5O/c20-14(11-2-1-7-15-10-11)18-12-3-5-13(6-4-12)19-16-8-9-17-19/h3-6,8-9,11,15H,1-2,7,10H2,(H,18,20). The molecule has 2 N–H and O–H groups in total. The normalized spacial score (nSPS) is 18.7. The second kappa shape index (κ2) is 5.83. The molecule has 0 saturated carbocycles. The van der Waals surface area contributed by atoms with Crippen molar-refractivity contribution < 1.29 is 4.79 Å². The summed E-state index contributed by atoms with van der Waals surface area (Å²) >= 11 is 0. The van der Waals surface area contributed by atoms with E-state index in [-0.39, 0.29) is 11.8 Å². The number of amides is 1. The molecule has 1 amide bonds. The van der Waals surface area contributed by atoms with E-state index in [4.69, 9.17) is 0 Å². The summed E-state index contributed by atoms with van der Waals surface area (Å²) in [5.74, 6) is 0.151. The molecule has 0 radical (unpaired) electrons. The Kier molecular flexibility index (Phi) is 3.73. The molecule has 104 valence electrons. The van der Waals surface area contributed by atoms with Gasteiger partial charge < -0.3 is 10.6 Å². The van der Waals surface area contributed by atoms with Crippen molar-refractivity contribution in [2.45, 2.75) is 12.8 Å². The number of rotatable bonds is 3. The van der Waals surface area contributed by atoms with Crippen molar-refractivity contribution in [1.82, 2.24) is 20.3 Å². The van der Waals surface area contributed by atoms with Gasteiger partial charge in [0.05, 0.1) is 24.0 Å². The number of carbonyl (C=O) groups excluding carboxylic acids is 1. The van der Waals surface area contributed by atoms with Crippen LogP contribution in [0.2, 0.25) is 0 Å². The number of hydrogen-bond acceptors (Lipinski definition) is 4. The zero-order chi connectivity index (χ0) is 13.8. The lowest BCUT2D eigenvalue weighted by atomic mass is 9.99. The lowest BCUT2D eigenvalue weighted by Gasteiger charge is -2.21. The zero-order valence-corrected chi connectivity index (χ0v) is 11.1. The van der Waals surface area contributed by atoms with Crippen molar-refractivity contribution in [3.8, 4) is 5.69 Å². The molecule has 0 bridgehead atoms. The summed E-state index contributed by atoms with van der Waals surface area (Å²) in [6, 6.07) is 7.50. The van der Waals surface area contributed by atoms with Gasteiger partial charge in [-0.05, 0) is 43.7 Å².